The average Bonchev–Trinajstić information content (AvgIpc) is 3.87. The molecule has 0 atom stereocenters. The Bertz CT molecular complexity index is 3540. The van der Waals surface area contributed by atoms with Crippen LogP contribution in [0.3, 0.4) is 0 Å². The van der Waals surface area contributed by atoms with E-state index >= 15 is 0 Å². The van der Waals surface area contributed by atoms with Crippen molar-refractivity contribution in [2.45, 2.75) is 0 Å². The Morgan fingerprint density at radius 1 is 0.274 bits per heavy atom. The second-order valence-corrected chi connectivity index (χ2v) is 15.8. The van der Waals surface area contributed by atoms with Crippen LogP contribution in [0, 0.1) is 0 Å². The van der Waals surface area contributed by atoms with Crippen LogP contribution in [-0.2, 0) is 0 Å². The molecule has 0 saturated carbocycles. The summed E-state index contributed by atoms with van der Waals surface area (Å²) in [4.78, 5) is 0. The van der Waals surface area contributed by atoms with Crippen molar-refractivity contribution >= 4 is 123 Å². The predicted octanol–water partition coefficient (Wildman–Crippen LogP) is 7.31. The van der Waals surface area contributed by atoms with E-state index < -0.39 is 0 Å². The first-order chi connectivity index (χ1) is 30.3. The summed E-state index contributed by atoms with van der Waals surface area (Å²) in [5, 5.41) is 3.30. The molecule has 2 nitrogen and oxygen atoms in total. The summed E-state index contributed by atoms with van der Waals surface area (Å²) in [6, 6.07) is 62.1. The standard InChI is InChI=1S/C54H30B6N2/c55-46-42-39-19-10-11-22-41(39)61(36-27-23-33(24-28-36)31-13-4-1-5-14-31)53(42)50(59)48(57)44(46)45-47(56)43-40-21-12-20-38(35-17-8-3-9-18-35)52(40)62(54(43)51(60)49(45)58)37-29-25-34(26-30-37)32-15-6-2-7-16-32/h1-30H. The van der Waals surface area contributed by atoms with Crippen LogP contribution in [0.25, 0.3) is 99.5 Å². The first-order valence-corrected chi connectivity index (χ1v) is 20.5. The Hall–Kier alpha value is -7.03. The highest BCUT2D eigenvalue weighted by Crippen LogP contribution is 2.39. The molecule has 0 bridgehead atoms. The van der Waals surface area contributed by atoms with Gasteiger partial charge in [-0.15, -0.1) is 0 Å². The minimum atomic E-state index is 0.263. The van der Waals surface area contributed by atoms with Crippen LogP contribution in [0.5, 0.6) is 0 Å². The number of hydrogen-bond acceptors (Lipinski definition) is 0. The van der Waals surface area contributed by atoms with E-state index in [1.165, 1.54) is 0 Å². The molecule has 0 N–H and O–H groups in total. The minimum absolute atomic E-state index is 0.263. The lowest BCUT2D eigenvalue weighted by atomic mass is 9.63. The van der Waals surface area contributed by atoms with Crippen molar-refractivity contribution in [1.82, 2.24) is 9.13 Å². The summed E-state index contributed by atoms with van der Waals surface area (Å²) >= 11 is 0. The molecule has 2 aromatic heterocycles. The van der Waals surface area contributed by atoms with Gasteiger partial charge in [-0.25, -0.2) is 0 Å². The van der Waals surface area contributed by atoms with E-state index in [1.54, 1.807) is 0 Å². The zero-order chi connectivity index (χ0) is 42.2. The van der Waals surface area contributed by atoms with E-state index in [-0.39, 0.29) is 10.9 Å². The zero-order valence-corrected chi connectivity index (χ0v) is 33.7. The van der Waals surface area contributed by atoms with Crippen molar-refractivity contribution in [2.75, 3.05) is 0 Å². The van der Waals surface area contributed by atoms with E-state index in [9.17, 15) is 0 Å². The lowest BCUT2D eigenvalue weighted by molar-refractivity contribution is 1.19. The molecule has 0 fully saturated rings. The van der Waals surface area contributed by atoms with Gasteiger partial charge in [0, 0.05) is 49.5 Å². The Balaban J connectivity index is 1.18. The first-order valence-electron chi connectivity index (χ1n) is 20.5. The highest BCUT2D eigenvalue weighted by Gasteiger charge is 2.26. The van der Waals surface area contributed by atoms with Crippen LogP contribution >= 0.6 is 0 Å². The highest BCUT2D eigenvalue weighted by molar-refractivity contribution is 6.65. The second kappa shape index (κ2) is 14.9. The first kappa shape index (κ1) is 37.9. The number of benzene rings is 9. The topological polar surface area (TPSA) is 9.86 Å². The van der Waals surface area contributed by atoms with Gasteiger partial charge in [0.1, 0.15) is 47.1 Å². The van der Waals surface area contributed by atoms with Gasteiger partial charge in [0.15, 0.2) is 0 Å². The number of rotatable bonds is 6. The van der Waals surface area contributed by atoms with Crippen molar-refractivity contribution in [3.05, 3.63) is 182 Å². The number of hydrogen-bond donors (Lipinski definition) is 0. The number of aromatic nitrogens is 2. The van der Waals surface area contributed by atoms with E-state index in [1.807, 2.05) is 78.9 Å². The largest absolute Gasteiger partial charge is 0.310 e. The summed E-state index contributed by atoms with van der Waals surface area (Å²) in [6.07, 6.45) is 0. The summed E-state index contributed by atoms with van der Waals surface area (Å²) < 4.78 is 4.30. The van der Waals surface area contributed by atoms with Gasteiger partial charge in [0.05, 0.1) is 11.0 Å². The van der Waals surface area contributed by atoms with Gasteiger partial charge < -0.3 is 9.13 Å². The summed E-state index contributed by atoms with van der Waals surface area (Å²) in [6.45, 7) is 0. The fraction of sp³-hybridized carbons (Fsp3) is 0. The van der Waals surface area contributed by atoms with E-state index in [0.29, 0.717) is 44.0 Å². The molecule has 0 aliphatic rings. The highest BCUT2D eigenvalue weighted by atomic mass is 15.0. The molecule has 8 heteroatoms. The van der Waals surface area contributed by atoms with Gasteiger partial charge in [-0.2, -0.15) is 0 Å². The van der Waals surface area contributed by atoms with E-state index in [0.717, 1.165) is 77.3 Å². The molecule has 62 heavy (non-hydrogen) atoms. The van der Waals surface area contributed by atoms with Crippen molar-refractivity contribution in [3.8, 4) is 55.9 Å². The number of nitrogens with zero attached hydrogens (tertiary/aromatic N) is 2. The zero-order valence-electron chi connectivity index (χ0n) is 33.7. The molecule has 12 radical (unpaired) electrons. The minimum Gasteiger partial charge on any atom is -0.310 e. The Morgan fingerprint density at radius 2 is 0.677 bits per heavy atom. The molecule has 0 aliphatic carbocycles. The molecule has 0 spiro atoms. The van der Waals surface area contributed by atoms with E-state index in [4.69, 9.17) is 47.1 Å². The van der Waals surface area contributed by atoms with Gasteiger partial charge in [-0.1, -0.05) is 184 Å². The summed E-state index contributed by atoms with van der Waals surface area (Å²) in [5.74, 6) is 0. The van der Waals surface area contributed by atoms with Crippen molar-refractivity contribution < 1.29 is 0 Å². The molecule has 0 amide bonds. The third-order valence-electron chi connectivity index (χ3n) is 12.4. The normalized spacial score (nSPS) is 11.6. The maximum atomic E-state index is 7.46. The lowest BCUT2D eigenvalue weighted by Gasteiger charge is -2.24. The van der Waals surface area contributed by atoms with Crippen molar-refractivity contribution in [3.63, 3.8) is 0 Å². The Labute approximate surface area is 368 Å². The van der Waals surface area contributed by atoms with Gasteiger partial charge in [0.25, 0.3) is 0 Å². The molecular formula is C54H30B6N2. The Morgan fingerprint density at radius 3 is 1.21 bits per heavy atom. The molecule has 274 valence electrons. The van der Waals surface area contributed by atoms with Gasteiger partial charge in [-0.05, 0) is 69.3 Å². The fourth-order valence-corrected chi connectivity index (χ4v) is 9.48. The maximum absolute atomic E-state index is 7.46. The van der Waals surface area contributed by atoms with Gasteiger partial charge in [-0.3, -0.25) is 0 Å². The third-order valence-corrected chi connectivity index (χ3v) is 12.4. The summed E-state index contributed by atoms with van der Waals surface area (Å²) in [5.41, 5.74) is 14.5. The van der Waals surface area contributed by atoms with Crippen molar-refractivity contribution in [2.24, 2.45) is 0 Å². The predicted molar refractivity (Wildman–Crippen MR) is 269 cm³/mol. The van der Waals surface area contributed by atoms with Crippen LogP contribution in [0.1, 0.15) is 0 Å². The number of para-hydroxylation sites is 2. The molecule has 11 aromatic rings. The molecule has 9 aromatic carbocycles. The Kier molecular flexibility index (Phi) is 9.09. The quantitative estimate of drug-likeness (QED) is 0.157. The molecule has 0 aliphatic heterocycles. The average molecular weight is 772 g/mol. The number of fused-ring (bicyclic) bond motifs is 6. The smallest absolute Gasteiger partial charge is 0.115 e. The lowest BCUT2D eigenvalue weighted by Crippen LogP contribution is -2.41. The second-order valence-electron chi connectivity index (χ2n) is 15.8. The van der Waals surface area contributed by atoms with E-state index in [2.05, 4.69) is 112 Å². The molecule has 11 rings (SSSR count). The third kappa shape index (κ3) is 5.73. The van der Waals surface area contributed by atoms with Crippen LogP contribution in [-0.4, -0.2) is 56.2 Å². The van der Waals surface area contributed by atoms with Crippen molar-refractivity contribution in [1.29, 1.82) is 0 Å². The van der Waals surface area contributed by atoms with Crippen LogP contribution in [0.4, 0.5) is 0 Å². The van der Waals surface area contributed by atoms with Crippen LogP contribution in [0.15, 0.2) is 182 Å². The monoisotopic (exact) mass is 772 g/mol. The van der Waals surface area contributed by atoms with Gasteiger partial charge >= 0.3 is 0 Å². The van der Waals surface area contributed by atoms with Crippen LogP contribution < -0.4 is 32.8 Å². The molecule has 0 saturated heterocycles. The molecule has 0 unspecified atom stereocenters. The SMILES string of the molecule is [B]c1c(-c2c([B])c([B])c3c(c2[B])c2cccc(-c4ccccc4)c2n3-c2ccc(-c3ccccc3)cc2)c([B])c2c3ccccc3n(-c3ccc(-c4ccccc4)cc3)c2c1[B]. The maximum Gasteiger partial charge on any atom is 0.115 e. The molecule has 2 heterocycles. The summed E-state index contributed by atoms with van der Waals surface area (Å²) in [7, 11) is 43.7. The molecular weight excluding hydrogens is 741 g/mol. The van der Waals surface area contributed by atoms with Gasteiger partial charge in [0.2, 0.25) is 0 Å². The van der Waals surface area contributed by atoms with Crippen LogP contribution in [0.2, 0.25) is 0 Å². The fourth-order valence-electron chi connectivity index (χ4n) is 9.48.